The lowest BCUT2D eigenvalue weighted by Crippen LogP contribution is -2.22. The molecular weight excluding hydrogens is 256 g/mol. The van der Waals surface area contributed by atoms with Gasteiger partial charge in [0.05, 0.1) is 0 Å². The van der Waals surface area contributed by atoms with E-state index in [1.807, 2.05) is 0 Å². The smallest absolute Gasteiger partial charge is 0.0429 e. The molecule has 110 valence electrons. The topological polar surface area (TPSA) is 15.3 Å². The van der Waals surface area contributed by atoms with Gasteiger partial charge in [0.2, 0.25) is 0 Å². The van der Waals surface area contributed by atoms with Gasteiger partial charge in [0.15, 0.2) is 0 Å². The lowest BCUT2D eigenvalue weighted by molar-refractivity contribution is 0.810. The van der Waals surface area contributed by atoms with Gasteiger partial charge >= 0.3 is 0 Å². The van der Waals surface area contributed by atoms with Gasteiger partial charge in [-0.05, 0) is 56.0 Å². The summed E-state index contributed by atoms with van der Waals surface area (Å²) in [5.41, 5.74) is 6.82. The highest BCUT2D eigenvalue weighted by Crippen LogP contribution is 2.25. The molecule has 0 aromatic heterocycles. The van der Waals surface area contributed by atoms with Crippen molar-refractivity contribution in [3.63, 3.8) is 0 Å². The molecule has 0 bridgehead atoms. The monoisotopic (exact) mass is 280 g/mol. The molecule has 0 spiro atoms. The van der Waals surface area contributed by atoms with E-state index in [0.29, 0.717) is 0 Å². The van der Waals surface area contributed by atoms with Crippen molar-refractivity contribution in [3.8, 4) is 0 Å². The first-order valence-electron chi connectivity index (χ1n) is 7.93. The summed E-state index contributed by atoms with van der Waals surface area (Å²) in [6.07, 6.45) is 2.44. The number of rotatable bonds is 4. The highest BCUT2D eigenvalue weighted by Gasteiger charge is 2.10. The van der Waals surface area contributed by atoms with E-state index in [9.17, 15) is 0 Å². The van der Waals surface area contributed by atoms with Gasteiger partial charge in [0.1, 0.15) is 0 Å². The maximum atomic E-state index is 3.48. The number of aryl methyl sites for hydroxylation is 2. The average molecular weight is 280 g/mol. The minimum atomic E-state index is 0.979. The molecular formula is C19H24N2. The molecule has 2 aromatic carbocycles. The Bertz CT molecular complexity index is 601. The Morgan fingerprint density at radius 1 is 1.10 bits per heavy atom. The van der Waals surface area contributed by atoms with Crippen molar-refractivity contribution in [2.24, 2.45) is 0 Å². The van der Waals surface area contributed by atoms with Crippen molar-refractivity contribution >= 4 is 11.4 Å². The molecule has 0 saturated heterocycles. The Labute approximate surface area is 127 Å². The van der Waals surface area contributed by atoms with Crippen molar-refractivity contribution in [1.82, 2.24) is 0 Å². The summed E-state index contributed by atoms with van der Waals surface area (Å²) in [6.45, 7) is 7.47. The van der Waals surface area contributed by atoms with Crippen LogP contribution >= 0.6 is 0 Å². The lowest BCUT2D eigenvalue weighted by atomic mass is 10.0. The second-order valence-corrected chi connectivity index (χ2v) is 5.87. The van der Waals surface area contributed by atoms with Gasteiger partial charge in [-0.25, -0.2) is 0 Å². The zero-order valence-corrected chi connectivity index (χ0v) is 13.0. The normalized spacial score (nSPS) is 13.4. The molecule has 2 aromatic rings. The minimum Gasteiger partial charge on any atom is -0.385 e. The first-order valence-corrected chi connectivity index (χ1v) is 7.93. The molecule has 3 rings (SSSR count). The number of benzene rings is 2. The van der Waals surface area contributed by atoms with Crippen LogP contribution in [0.5, 0.6) is 0 Å². The second kappa shape index (κ2) is 6.21. The molecule has 1 heterocycles. The summed E-state index contributed by atoms with van der Waals surface area (Å²) in [7, 11) is 0. The third-order valence-electron chi connectivity index (χ3n) is 4.26. The number of nitrogens with one attached hydrogen (secondary N) is 1. The third kappa shape index (κ3) is 3.21. The van der Waals surface area contributed by atoms with Crippen LogP contribution in [0.15, 0.2) is 42.5 Å². The van der Waals surface area contributed by atoms with E-state index in [1.54, 1.807) is 0 Å². The summed E-state index contributed by atoms with van der Waals surface area (Å²) in [5.74, 6) is 0. The summed E-state index contributed by atoms with van der Waals surface area (Å²) in [5, 5.41) is 3.48. The summed E-state index contributed by atoms with van der Waals surface area (Å²) in [6, 6.07) is 15.7. The van der Waals surface area contributed by atoms with Gasteiger partial charge in [-0.15, -0.1) is 0 Å². The van der Waals surface area contributed by atoms with Gasteiger partial charge in [-0.3, -0.25) is 0 Å². The molecule has 1 aliphatic rings. The first-order chi connectivity index (χ1) is 10.3. The second-order valence-electron chi connectivity index (χ2n) is 5.87. The Kier molecular flexibility index (Phi) is 4.14. The summed E-state index contributed by atoms with van der Waals surface area (Å²) >= 11 is 0. The number of hydrogen-bond donors (Lipinski definition) is 1. The van der Waals surface area contributed by atoms with E-state index < -0.39 is 0 Å². The maximum absolute atomic E-state index is 3.48. The van der Waals surface area contributed by atoms with Gasteiger partial charge in [-0.1, -0.05) is 29.8 Å². The zero-order chi connectivity index (χ0) is 14.7. The fourth-order valence-electron chi connectivity index (χ4n) is 2.99. The molecule has 2 nitrogen and oxygen atoms in total. The molecule has 0 unspecified atom stereocenters. The Morgan fingerprint density at radius 3 is 2.67 bits per heavy atom. The SMILES string of the molecule is CCN(Cc1ccc2c(c1)CCCN2)c1ccc(C)cc1. The quantitative estimate of drug-likeness (QED) is 0.894. The van der Waals surface area contributed by atoms with Crippen LogP contribution in [0.2, 0.25) is 0 Å². The Morgan fingerprint density at radius 2 is 1.90 bits per heavy atom. The van der Waals surface area contributed by atoms with Crippen LogP contribution in [0.3, 0.4) is 0 Å². The lowest BCUT2D eigenvalue weighted by Gasteiger charge is -2.25. The van der Waals surface area contributed by atoms with Crippen LogP contribution in [0.1, 0.15) is 30.0 Å². The summed E-state index contributed by atoms with van der Waals surface area (Å²) in [4.78, 5) is 2.43. The number of anilines is 2. The maximum Gasteiger partial charge on any atom is 0.0429 e. The molecule has 2 heteroatoms. The largest absolute Gasteiger partial charge is 0.385 e. The van der Waals surface area contributed by atoms with E-state index >= 15 is 0 Å². The van der Waals surface area contributed by atoms with Crippen molar-refractivity contribution in [3.05, 3.63) is 59.2 Å². The Hall–Kier alpha value is -1.96. The van der Waals surface area contributed by atoms with Gasteiger partial charge in [0, 0.05) is 31.0 Å². The minimum absolute atomic E-state index is 0.979. The van der Waals surface area contributed by atoms with E-state index in [4.69, 9.17) is 0 Å². The highest BCUT2D eigenvalue weighted by atomic mass is 15.1. The average Bonchev–Trinajstić information content (AvgIpc) is 2.53. The van der Waals surface area contributed by atoms with Gasteiger partial charge < -0.3 is 10.2 Å². The van der Waals surface area contributed by atoms with Crippen LogP contribution in [-0.2, 0) is 13.0 Å². The van der Waals surface area contributed by atoms with E-state index in [-0.39, 0.29) is 0 Å². The first kappa shape index (κ1) is 14.0. The van der Waals surface area contributed by atoms with Crippen molar-refractivity contribution < 1.29 is 0 Å². The molecule has 1 N–H and O–H groups in total. The Balaban J connectivity index is 1.79. The van der Waals surface area contributed by atoms with Crippen LogP contribution in [0, 0.1) is 6.92 Å². The third-order valence-corrected chi connectivity index (χ3v) is 4.26. The van der Waals surface area contributed by atoms with Crippen LogP contribution < -0.4 is 10.2 Å². The molecule has 0 fully saturated rings. The fourth-order valence-corrected chi connectivity index (χ4v) is 2.99. The number of nitrogens with zero attached hydrogens (tertiary/aromatic N) is 1. The van der Waals surface area contributed by atoms with Gasteiger partial charge in [0.25, 0.3) is 0 Å². The van der Waals surface area contributed by atoms with Crippen LogP contribution in [0.25, 0.3) is 0 Å². The van der Waals surface area contributed by atoms with Gasteiger partial charge in [-0.2, -0.15) is 0 Å². The van der Waals surface area contributed by atoms with E-state index in [1.165, 1.54) is 40.9 Å². The molecule has 0 atom stereocenters. The highest BCUT2D eigenvalue weighted by molar-refractivity contribution is 5.55. The summed E-state index contributed by atoms with van der Waals surface area (Å²) < 4.78 is 0. The standard InChI is InChI=1S/C19H24N2/c1-3-21(18-9-6-15(2)7-10-18)14-16-8-11-19-17(13-16)5-4-12-20-19/h6-11,13,20H,3-5,12,14H2,1-2H3. The van der Waals surface area contributed by atoms with Crippen molar-refractivity contribution in [2.45, 2.75) is 33.2 Å². The van der Waals surface area contributed by atoms with Crippen molar-refractivity contribution in [1.29, 1.82) is 0 Å². The predicted octanol–water partition coefficient (Wildman–Crippen LogP) is 4.38. The van der Waals surface area contributed by atoms with E-state index in [2.05, 4.69) is 66.5 Å². The van der Waals surface area contributed by atoms with Crippen molar-refractivity contribution in [2.75, 3.05) is 23.3 Å². The fraction of sp³-hybridized carbons (Fsp3) is 0.368. The molecule has 1 aliphatic heterocycles. The molecule has 0 radical (unpaired) electrons. The van der Waals surface area contributed by atoms with Crippen LogP contribution in [-0.4, -0.2) is 13.1 Å². The molecule has 21 heavy (non-hydrogen) atoms. The molecule has 0 aliphatic carbocycles. The number of fused-ring (bicyclic) bond motifs is 1. The molecule has 0 amide bonds. The van der Waals surface area contributed by atoms with Crippen LogP contribution in [0.4, 0.5) is 11.4 Å². The van der Waals surface area contributed by atoms with E-state index in [0.717, 1.165) is 19.6 Å². The number of hydrogen-bond acceptors (Lipinski definition) is 2. The molecule has 0 saturated carbocycles. The zero-order valence-electron chi connectivity index (χ0n) is 13.0. The predicted molar refractivity (Wildman–Crippen MR) is 91.2 cm³/mol.